The minimum atomic E-state index is 0.644. The highest BCUT2D eigenvalue weighted by Gasteiger charge is 2.17. The van der Waals surface area contributed by atoms with Crippen LogP contribution in [0, 0.1) is 6.92 Å². The predicted molar refractivity (Wildman–Crippen MR) is 74.7 cm³/mol. The molecular formula is C13H13ClN4. The van der Waals surface area contributed by atoms with Crippen LogP contribution in [0.3, 0.4) is 0 Å². The van der Waals surface area contributed by atoms with E-state index in [9.17, 15) is 0 Å². The van der Waals surface area contributed by atoms with Crippen LogP contribution < -0.4 is 5.73 Å². The highest BCUT2D eigenvalue weighted by Crippen LogP contribution is 2.36. The van der Waals surface area contributed by atoms with Gasteiger partial charge in [0.05, 0.1) is 17.6 Å². The van der Waals surface area contributed by atoms with Crippen molar-refractivity contribution < 1.29 is 0 Å². The molecule has 0 unspecified atom stereocenters. The van der Waals surface area contributed by atoms with Gasteiger partial charge in [-0.25, -0.2) is 0 Å². The molecule has 0 atom stereocenters. The molecule has 3 N–H and O–H groups in total. The number of benzene rings is 1. The average molecular weight is 261 g/mol. The van der Waals surface area contributed by atoms with Gasteiger partial charge >= 0.3 is 0 Å². The number of H-pyrrole nitrogens is 1. The molecule has 0 spiro atoms. The number of nitrogens with zero attached hydrogens (tertiary/aromatic N) is 2. The van der Waals surface area contributed by atoms with E-state index in [0.717, 1.165) is 27.9 Å². The fraction of sp³-hybridized carbons (Fsp3) is 0.154. The van der Waals surface area contributed by atoms with Gasteiger partial charge in [-0.1, -0.05) is 11.6 Å². The molecule has 3 aromatic rings. The molecule has 0 radical (unpaired) electrons. The van der Waals surface area contributed by atoms with Gasteiger partial charge in [0, 0.05) is 34.2 Å². The van der Waals surface area contributed by atoms with E-state index in [2.05, 4.69) is 21.7 Å². The third kappa shape index (κ3) is 1.42. The van der Waals surface area contributed by atoms with Gasteiger partial charge in [0.2, 0.25) is 0 Å². The van der Waals surface area contributed by atoms with Gasteiger partial charge in [-0.15, -0.1) is 0 Å². The first-order valence-electron chi connectivity index (χ1n) is 5.63. The van der Waals surface area contributed by atoms with Crippen LogP contribution >= 0.6 is 11.6 Å². The topological polar surface area (TPSA) is 59.6 Å². The van der Waals surface area contributed by atoms with Crippen LogP contribution in [0.4, 0.5) is 5.69 Å². The number of fused-ring (bicyclic) bond motifs is 1. The third-order valence-electron chi connectivity index (χ3n) is 3.37. The van der Waals surface area contributed by atoms with E-state index in [4.69, 9.17) is 17.3 Å². The quantitative estimate of drug-likeness (QED) is 0.706. The first kappa shape index (κ1) is 11.2. The van der Waals surface area contributed by atoms with Crippen LogP contribution in [0.15, 0.2) is 24.4 Å². The van der Waals surface area contributed by atoms with Gasteiger partial charge in [0.15, 0.2) is 0 Å². The molecule has 2 heterocycles. The first-order chi connectivity index (χ1) is 8.59. The summed E-state index contributed by atoms with van der Waals surface area (Å²) in [4.78, 5) is 0. The monoisotopic (exact) mass is 260 g/mol. The zero-order chi connectivity index (χ0) is 12.9. The first-order valence-corrected chi connectivity index (χ1v) is 6.01. The van der Waals surface area contributed by atoms with Crippen molar-refractivity contribution in [3.63, 3.8) is 0 Å². The molecule has 0 aliphatic rings. The Kier molecular flexibility index (Phi) is 2.35. The molecule has 2 aromatic heterocycles. The van der Waals surface area contributed by atoms with Crippen molar-refractivity contribution in [2.45, 2.75) is 6.92 Å². The van der Waals surface area contributed by atoms with Crippen LogP contribution in [-0.4, -0.2) is 14.8 Å². The summed E-state index contributed by atoms with van der Waals surface area (Å²) in [6.07, 6.45) is 1.62. The number of nitrogens with two attached hydrogens (primary N) is 1. The number of aromatic amines is 1. The number of rotatable bonds is 1. The van der Waals surface area contributed by atoms with Crippen molar-refractivity contribution in [1.82, 2.24) is 14.8 Å². The van der Waals surface area contributed by atoms with E-state index in [1.165, 1.54) is 0 Å². The summed E-state index contributed by atoms with van der Waals surface area (Å²) in [5, 5.41) is 8.74. The average Bonchev–Trinajstić information content (AvgIpc) is 2.84. The summed E-state index contributed by atoms with van der Waals surface area (Å²) in [5.74, 6) is 0. The van der Waals surface area contributed by atoms with E-state index in [-0.39, 0.29) is 0 Å². The normalized spacial score (nSPS) is 11.3. The van der Waals surface area contributed by atoms with Crippen LogP contribution in [0.1, 0.15) is 5.69 Å². The summed E-state index contributed by atoms with van der Waals surface area (Å²) >= 11 is 6.09. The maximum atomic E-state index is 6.09. The van der Waals surface area contributed by atoms with E-state index in [0.29, 0.717) is 10.7 Å². The summed E-state index contributed by atoms with van der Waals surface area (Å²) in [5.41, 5.74) is 10.7. The van der Waals surface area contributed by atoms with Crippen LogP contribution in [0.25, 0.3) is 22.2 Å². The molecule has 0 bridgehead atoms. The third-order valence-corrected chi connectivity index (χ3v) is 3.61. The van der Waals surface area contributed by atoms with Crippen LogP contribution in [-0.2, 0) is 7.05 Å². The van der Waals surface area contributed by atoms with Gasteiger partial charge in [0.1, 0.15) is 0 Å². The SMILES string of the molecule is Cc1c(-c2[nH]ncc2N)c2cc(Cl)ccc2n1C. The maximum absolute atomic E-state index is 6.09. The second-order valence-electron chi connectivity index (χ2n) is 4.38. The molecule has 0 saturated carbocycles. The van der Waals surface area contributed by atoms with E-state index in [1.807, 2.05) is 25.2 Å². The summed E-state index contributed by atoms with van der Waals surface area (Å²) in [7, 11) is 2.03. The Labute approximate surface area is 109 Å². The van der Waals surface area contributed by atoms with E-state index >= 15 is 0 Å². The lowest BCUT2D eigenvalue weighted by Crippen LogP contribution is -1.92. The van der Waals surface area contributed by atoms with Gasteiger partial charge < -0.3 is 10.3 Å². The number of hydrogen-bond acceptors (Lipinski definition) is 2. The lowest BCUT2D eigenvalue weighted by molar-refractivity contribution is 0.918. The number of anilines is 1. The summed E-state index contributed by atoms with van der Waals surface area (Å²) < 4.78 is 2.13. The van der Waals surface area contributed by atoms with E-state index in [1.54, 1.807) is 6.20 Å². The fourth-order valence-corrected chi connectivity index (χ4v) is 2.53. The fourth-order valence-electron chi connectivity index (χ4n) is 2.36. The number of halogens is 1. The largest absolute Gasteiger partial charge is 0.396 e. The molecular weight excluding hydrogens is 248 g/mol. The zero-order valence-corrected chi connectivity index (χ0v) is 10.9. The molecule has 1 aromatic carbocycles. The minimum Gasteiger partial charge on any atom is -0.396 e. The van der Waals surface area contributed by atoms with Crippen molar-refractivity contribution in [2.24, 2.45) is 7.05 Å². The minimum absolute atomic E-state index is 0.644. The van der Waals surface area contributed by atoms with Gasteiger partial charge in [0.25, 0.3) is 0 Å². The smallest absolute Gasteiger partial charge is 0.0904 e. The predicted octanol–water partition coefficient (Wildman–Crippen LogP) is 3.11. The molecule has 5 heteroatoms. The van der Waals surface area contributed by atoms with Crippen LogP contribution in [0.5, 0.6) is 0 Å². The molecule has 0 saturated heterocycles. The Balaban J connectivity index is 2.45. The molecule has 3 rings (SSSR count). The van der Waals surface area contributed by atoms with Gasteiger partial charge in [-0.2, -0.15) is 5.10 Å². The molecule has 0 aliphatic carbocycles. The number of aryl methyl sites for hydroxylation is 1. The van der Waals surface area contributed by atoms with Crippen molar-refractivity contribution in [2.75, 3.05) is 5.73 Å². The second kappa shape index (κ2) is 3.78. The Morgan fingerprint density at radius 3 is 2.83 bits per heavy atom. The lowest BCUT2D eigenvalue weighted by Gasteiger charge is -2.01. The number of hydrogen-bond donors (Lipinski definition) is 2. The summed E-state index contributed by atoms with van der Waals surface area (Å²) in [6, 6.07) is 5.86. The number of aromatic nitrogens is 3. The molecule has 4 nitrogen and oxygen atoms in total. The Bertz CT molecular complexity index is 739. The Morgan fingerprint density at radius 2 is 2.17 bits per heavy atom. The number of nitrogens with one attached hydrogen (secondary N) is 1. The maximum Gasteiger partial charge on any atom is 0.0904 e. The van der Waals surface area contributed by atoms with Crippen LogP contribution in [0.2, 0.25) is 5.02 Å². The standard InChI is InChI=1S/C13H13ClN4/c1-7-12(13-10(15)6-16-17-13)9-5-8(14)3-4-11(9)18(7)2/h3-6H,15H2,1-2H3,(H,16,17). The highest BCUT2D eigenvalue weighted by atomic mass is 35.5. The molecule has 0 aliphatic heterocycles. The van der Waals surface area contributed by atoms with Crippen molar-refractivity contribution in [3.8, 4) is 11.3 Å². The highest BCUT2D eigenvalue weighted by molar-refractivity contribution is 6.31. The van der Waals surface area contributed by atoms with Crippen molar-refractivity contribution >= 4 is 28.2 Å². The Hall–Kier alpha value is -1.94. The van der Waals surface area contributed by atoms with Crippen molar-refractivity contribution in [1.29, 1.82) is 0 Å². The van der Waals surface area contributed by atoms with Crippen molar-refractivity contribution in [3.05, 3.63) is 35.1 Å². The Morgan fingerprint density at radius 1 is 1.39 bits per heavy atom. The second-order valence-corrected chi connectivity index (χ2v) is 4.82. The lowest BCUT2D eigenvalue weighted by atomic mass is 10.1. The summed E-state index contributed by atoms with van der Waals surface area (Å²) in [6.45, 7) is 2.06. The zero-order valence-electron chi connectivity index (χ0n) is 10.2. The molecule has 0 fully saturated rings. The van der Waals surface area contributed by atoms with Gasteiger partial charge in [-0.3, -0.25) is 5.10 Å². The molecule has 18 heavy (non-hydrogen) atoms. The molecule has 0 amide bonds. The van der Waals surface area contributed by atoms with Gasteiger partial charge in [-0.05, 0) is 25.1 Å². The number of nitrogen functional groups attached to an aromatic ring is 1. The van der Waals surface area contributed by atoms with E-state index < -0.39 is 0 Å². The molecule has 92 valence electrons.